The van der Waals surface area contributed by atoms with Gasteiger partial charge < -0.3 is 0 Å². The summed E-state index contributed by atoms with van der Waals surface area (Å²) in [5.41, 5.74) is 1.44. The Morgan fingerprint density at radius 3 is 2.24 bits per heavy atom. The maximum absolute atomic E-state index is 12.5. The van der Waals surface area contributed by atoms with Crippen molar-refractivity contribution in [3.05, 3.63) is 35.9 Å². The van der Waals surface area contributed by atoms with Crippen LogP contribution in [-0.4, -0.2) is 5.78 Å². The maximum atomic E-state index is 12.5. The van der Waals surface area contributed by atoms with Crippen molar-refractivity contribution in [3.63, 3.8) is 0 Å². The first-order valence-corrected chi connectivity index (χ1v) is 8.71. The van der Waals surface area contributed by atoms with Crippen molar-refractivity contribution >= 4 is 5.78 Å². The molecule has 1 aromatic rings. The van der Waals surface area contributed by atoms with Crippen molar-refractivity contribution in [1.29, 1.82) is 0 Å². The fourth-order valence-electron chi connectivity index (χ4n) is 4.88. The molecule has 1 heteroatoms. The number of rotatable bonds is 2. The lowest BCUT2D eigenvalue weighted by atomic mass is 9.65. The molecule has 2 saturated carbocycles. The average molecular weight is 284 g/mol. The smallest absolute Gasteiger partial charge is 0.136 e. The normalized spacial score (nSPS) is 37.4. The molecule has 0 amide bonds. The number of carbonyl (C=O) groups is 1. The van der Waals surface area contributed by atoms with Gasteiger partial charge in [0.05, 0.1) is 0 Å². The topological polar surface area (TPSA) is 17.1 Å². The van der Waals surface area contributed by atoms with E-state index in [9.17, 15) is 4.79 Å². The standard InChI is InChI=1S/C20H28O/c1-14-10-15(2)12-18(11-14)19-13-17(8-9-20(19)21)16-6-4-3-5-7-16/h3-7,14-15,17-19H,8-13H2,1-2H3. The zero-order chi connectivity index (χ0) is 14.8. The van der Waals surface area contributed by atoms with Crippen molar-refractivity contribution < 1.29 is 4.79 Å². The third-order valence-electron chi connectivity index (χ3n) is 5.75. The second-order valence-corrected chi connectivity index (χ2v) is 7.63. The van der Waals surface area contributed by atoms with Crippen molar-refractivity contribution in [1.82, 2.24) is 0 Å². The molecule has 0 spiro atoms. The molecule has 2 aliphatic carbocycles. The Morgan fingerprint density at radius 1 is 0.905 bits per heavy atom. The quantitative estimate of drug-likeness (QED) is 0.728. The van der Waals surface area contributed by atoms with Crippen LogP contribution in [0.3, 0.4) is 0 Å². The van der Waals surface area contributed by atoms with Crippen LogP contribution in [0.5, 0.6) is 0 Å². The van der Waals surface area contributed by atoms with E-state index in [-0.39, 0.29) is 0 Å². The first kappa shape index (κ1) is 14.8. The lowest BCUT2D eigenvalue weighted by molar-refractivity contribution is -0.127. The molecule has 2 aliphatic rings. The third-order valence-corrected chi connectivity index (χ3v) is 5.75. The fraction of sp³-hybridized carbons (Fsp3) is 0.650. The zero-order valence-electron chi connectivity index (χ0n) is 13.4. The van der Waals surface area contributed by atoms with Crippen molar-refractivity contribution in [3.8, 4) is 0 Å². The minimum Gasteiger partial charge on any atom is -0.299 e. The van der Waals surface area contributed by atoms with Crippen LogP contribution in [0.25, 0.3) is 0 Å². The molecular formula is C20H28O. The summed E-state index contributed by atoms with van der Waals surface area (Å²) in [7, 11) is 0. The molecule has 1 aromatic carbocycles. The fourth-order valence-corrected chi connectivity index (χ4v) is 4.88. The van der Waals surface area contributed by atoms with E-state index in [2.05, 4.69) is 44.2 Å². The molecule has 3 rings (SSSR count). The van der Waals surface area contributed by atoms with Gasteiger partial charge >= 0.3 is 0 Å². The van der Waals surface area contributed by atoms with Crippen LogP contribution in [0.4, 0.5) is 0 Å². The zero-order valence-corrected chi connectivity index (χ0v) is 13.4. The van der Waals surface area contributed by atoms with E-state index in [0.29, 0.717) is 23.5 Å². The van der Waals surface area contributed by atoms with Crippen LogP contribution in [0.2, 0.25) is 0 Å². The summed E-state index contributed by atoms with van der Waals surface area (Å²) in [5, 5.41) is 0. The predicted octanol–water partition coefficient (Wildman–Crippen LogP) is 5.21. The van der Waals surface area contributed by atoms with E-state index in [1.54, 1.807) is 0 Å². The van der Waals surface area contributed by atoms with Crippen LogP contribution < -0.4 is 0 Å². The minimum absolute atomic E-state index is 0.328. The van der Waals surface area contributed by atoms with E-state index >= 15 is 0 Å². The molecule has 4 unspecified atom stereocenters. The van der Waals surface area contributed by atoms with Gasteiger partial charge in [0.25, 0.3) is 0 Å². The Bertz CT molecular complexity index is 468. The first-order chi connectivity index (χ1) is 10.1. The number of carbonyl (C=O) groups excluding carboxylic acids is 1. The Kier molecular flexibility index (Phi) is 4.47. The Balaban J connectivity index is 1.73. The highest BCUT2D eigenvalue weighted by Gasteiger charge is 2.37. The third kappa shape index (κ3) is 3.39. The highest BCUT2D eigenvalue weighted by Crippen LogP contribution is 2.44. The van der Waals surface area contributed by atoms with Crippen LogP contribution in [0.15, 0.2) is 30.3 Å². The van der Waals surface area contributed by atoms with Crippen molar-refractivity contribution in [2.45, 2.75) is 58.3 Å². The molecule has 21 heavy (non-hydrogen) atoms. The summed E-state index contributed by atoms with van der Waals surface area (Å²) < 4.78 is 0. The predicted molar refractivity (Wildman–Crippen MR) is 87.2 cm³/mol. The van der Waals surface area contributed by atoms with Crippen molar-refractivity contribution in [2.24, 2.45) is 23.7 Å². The second-order valence-electron chi connectivity index (χ2n) is 7.63. The van der Waals surface area contributed by atoms with Crippen LogP contribution >= 0.6 is 0 Å². The Labute approximate surface area is 129 Å². The van der Waals surface area contributed by atoms with Gasteiger partial charge in [-0.25, -0.2) is 0 Å². The van der Waals surface area contributed by atoms with Crippen LogP contribution in [-0.2, 0) is 4.79 Å². The summed E-state index contributed by atoms with van der Waals surface area (Å²) in [6.45, 7) is 4.73. The number of ketones is 1. The summed E-state index contributed by atoms with van der Waals surface area (Å²) in [6, 6.07) is 10.8. The van der Waals surface area contributed by atoms with E-state index in [1.165, 1.54) is 24.8 Å². The summed E-state index contributed by atoms with van der Waals surface area (Å²) in [6.07, 6.45) is 6.82. The van der Waals surface area contributed by atoms with E-state index in [0.717, 1.165) is 31.1 Å². The summed E-state index contributed by atoms with van der Waals surface area (Å²) in [4.78, 5) is 12.5. The van der Waals surface area contributed by atoms with Gasteiger partial charge in [0, 0.05) is 12.3 Å². The molecule has 0 aliphatic heterocycles. The van der Waals surface area contributed by atoms with Gasteiger partial charge in [-0.3, -0.25) is 4.79 Å². The van der Waals surface area contributed by atoms with E-state index < -0.39 is 0 Å². The number of benzene rings is 1. The van der Waals surface area contributed by atoms with Crippen LogP contribution in [0, 0.1) is 23.7 Å². The highest BCUT2D eigenvalue weighted by atomic mass is 16.1. The lowest BCUT2D eigenvalue weighted by Gasteiger charge is -2.39. The van der Waals surface area contributed by atoms with Gasteiger partial charge in [0.1, 0.15) is 5.78 Å². The second kappa shape index (κ2) is 6.34. The number of hydrogen-bond donors (Lipinski definition) is 0. The van der Waals surface area contributed by atoms with Crippen molar-refractivity contribution in [2.75, 3.05) is 0 Å². The van der Waals surface area contributed by atoms with Gasteiger partial charge in [-0.2, -0.15) is 0 Å². The Morgan fingerprint density at radius 2 is 1.57 bits per heavy atom. The molecule has 0 aromatic heterocycles. The van der Waals surface area contributed by atoms with Crippen LogP contribution in [0.1, 0.15) is 63.9 Å². The van der Waals surface area contributed by atoms with Gasteiger partial charge in [-0.1, -0.05) is 44.2 Å². The minimum atomic E-state index is 0.328. The average Bonchev–Trinajstić information content (AvgIpc) is 2.47. The number of Topliss-reactive ketones (excluding diaryl/α,β-unsaturated/α-hetero) is 1. The molecule has 0 heterocycles. The summed E-state index contributed by atoms with van der Waals surface area (Å²) in [5.74, 6) is 3.71. The molecular weight excluding hydrogens is 256 g/mol. The highest BCUT2D eigenvalue weighted by molar-refractivity contribution is 5.82. The van der Waals surface area contributed by atoms with Gasteiger partial charge in [-0.05, 0) is 61.3 Å². The van der Waals surface area contributed by atoms with E-state index in [4.69, 9.17) is 0 Å². The largest absolute Gasteiger partial charge is 0.299 e. The molecule has 0 bridgehead atoms. The van der Waals surface area contributed by atoms with Gasteiger partial charge in [-0.15, -0.1) is 0 Å². The SMILES string of the molecule is CC1CC(C)CC(C2CC(c3ccccc3)CCC2=O)C1. The van der Waals surface area contributed by atoms with Gasteiger partial charge in [0.2, 0.25) is 0 Å². The molecule has 4 atom stereocenters. The van der Waals surface area contributed by atoms with Gasteiger partial charge in [0.15, 0.2) is 0 Å². The maximum Gasteiger partial charge on any atom is 0.136 e. The monoisotopic (exact) mass is 284 g/mol. The Hall–Kier alpha value is -1.11. The molecule has 114 valence electrons. The molecule has 0 N–H and O–H groups in total. The molecule has 1 nitrogen and oxygen atoms in total. The molecule has 0 radical (unpaired) electrons. The summed E-state index contributed by atoms with van der Waals surface area (Å²) >= 11 is 0. The number of hydrogen-bond acceptors (Lipinski definition) is 1. The lowest BCUT2D eigenvalue weighted by Crippen LogP contribution is -2.34. The molecule has 0 saturated heterocycles. The first-order valence-electron chi connectivity index (χ1n) is 8.71. The van der Waals surface area contributed by atoms with E-state index in [1.807, 2.05) is 0 Å². The molecule has 2 fully saturated rings.